The highest BCUT2D eigenvalue weighted by Gasteiger charge is 2.29. The van der Waals surface area contributed by atoms with Crippen LogP contribution in [0.3, 0.4) is 0 Å². The van der Waals surface area contributed by atoms with Crippen LogP contribution in [0, 0.1) is 0 Å². The molecule has 2 amide bonds. The van der Waals surface area contributed by atoms with Crippen molar-refractivity contribution < 1.29 is 34.1 Å². The summed E-state index contributed by atoms with van der Waals surface area (Å²) in [4.78, 5) is 41.0. The highest BCUT2D eigenvalue weighted by molar-refractivity contribution is 6.15. The van der Waals surface area contributed by atoms with Gasteiger partial charge in [0.25, 0.3) is 0 Å². The molecule has 12 nitrogen and oxygen atoms in total. The number of hydrogen-bond donors (Lipinski definition) is 6. The van der Waals surface area contributed by atoms with Gasteiger partial charge in [-0.25, -0.2) is 0 Å². The van der Waals surface area contributed by atoms with Crippen LogP contribution in [0.15, 0.2) is 47.5 Å². The summed E-state index contributed by atoms with van der Waals surface area (Å²) < 4.78 is 10.4. The van der Waals surface area contributed by atoms with E-state index in [0.717, 1.165) is 51.9 Å². The van der Waals surface area contributed by atoms with E-state index in [2.05, 4.69) is 16.0 Å². The molecule has 47 heavy (non-hydrogen) atoms. The Bertz CT molecular complexity index is 1330. The maximum absolute atomic E-state index is 13.6. The number of carbonyl (C=O) groups is 3. The quantitative estimate of drug-likeness (QED) is 0.0979. The van der Waals surface area contributed by atoms with Crippen molar-refractivity contribution in [1.29, 1.82) is 0 Å². The first kappa shape index (κ1) is 37.1. The van der Waals surface area contributed by atoms with Gasteiger partial charge in [0.2, 0.25) is 11.8 Å². The molecule has 2 aromatic rings. The van der Waals surface area contributed by atoms with Crippen LogP contribution in [0.1, 0.15) is 49.7 Å². The molecule has 0 spiro atoms. The average molecular weight is 652 g/mol. The van der Waals surface area contributed by atoms with Crippen molar-refractivity contribution in [2.75, 3.05) is 66.6 Å². The first-order chi connectivity index (χ1) is 22.7. The van der Waals surface area contributed by atoms with Crippen LogP contribution >= 0.6 is 0 Å². The van der Waals surface area contributed by atoms with Crippen molar-refractivity contribution >= 4 is 29.7 Å². The molecule has 1 heterocycles. The SMILES string of the molecule is COc1cc(/C=C2/CN(C(=O)CCC(=O)NCCCNCCCCNCCCN)C/C(=C\c3ccc(O)c(OC)c3)C2=O)ccc1O. The Hall–Kier alpha value is -4.39. The van der Waals surface area contributed by atoms with Gasteiger partial charge in [-0.1, -0.05) is 12.1 Å². The lowest BCUT2D eigenvalue weighted by atomic mass is 9.93. The number of nitrogens with zero attached hydrogens (tertiary/aromatic N) is 1. The van der Waals surface area contributed by atoms with Gasteiger partial charge in [-0.05, 0) is 106 Å². The summed E-state index contributed by atoms with van der Waals surface area (Å²) in [6.45, 7) is 5.02. The smallest absolute Gasteiger partial charge is 0.223 e. The Morgan fingerprint density at radius 3 is 1.81 bits per heavy atom. The fourth-order valence-corrected chi connectivity index (χ4v) is 5.07. The van der Waals surface area contributed by atoms with Crippen molar-refractivity contribution in [3.05, 3.63) is 58.7 Å². The first-order valence-electron chi connectivity index (χ1n) is 16.1. The van der Waals surface area contributed by atoms with Crippen LogP contribution in [0.2, 0.25) is 0 Å². The number of methoxy groups -OCH3 is 2. The van der Waals surface area contributed by atoms with Gasteiger partial charge in [-0.2, -0.15) is 0 Å². The van der Waals surface area contributed by atoms with E-state index in [9.17, 15) is 24.6 Å². The van der Waals surface area contributed by atoms with Crippen LogP contribution < -0.4 is 31.2 Å². The predicted octanol–water partition coefficient (Wildman–Crippen LogP) is 2.59. The van der Waals surface area contributed by atoms with E-state index >= 15 is 0 Å². The van der Waals surface area contributed by atoms with E-state index in [1.165, 1.54) is 26.4 Å². The van der Waals surface area contributed by atoms with Gasteiger partial charge in [0.15, 0.2) is 28.8 Å². The van der Waals surface area contributed by atoms with Crippen molar-refractivity contribution in [2.45, 2.75) is 38.5 Å². The van der Waals surface area contributed by atoms with Crippen LogP contribution in [-0.4, -0.2) is 99.3 Å². The van der Waals surface area contributed by atoms with Crippen molar-refractivity contribution in [1.82, 2.24) is 20.9 Å². The van der Waals surface area contributed by atoms with Gasteiger partial charge in [-0.3, -0.25) is 14.4 Å². The number of carbonyl (C=O) groups excluding carboxylic acids is 3. The molecule has 0 bridgehead atoms. The maximum Gasteiger partial charge on any atom is 0.223 e. The van der Waals surface area contributed by atoms with Crippen LogP contribution in [0.4, 0.5) is 0 Å². The number of hydrogen-bond acceptors (Lipinski definition) is 10. The second-order valence-electron chi connectivity index (χ2n) is 11.3. The summed E-state index contributed by atoms with van der Waals surface area (Å²) in [5.74, 6) is -0.243. The number of amides is 2. The van der Waals surface area contributed by atoms with Gasteiger partial charge >= 0.3 is 0 Å². The number of phenols is 2. The molecule has 1 saturated heterocycles. The second-order valence-corrected chi connectivity index (χ2v) is 11.3. The summed E-state index contributed by atoms with van der Waals surface area (Å²) in [5.41, 5.74) is 7.46. The minimum absolute atomic E-state index is 0.00177. The fraction of sp³-hybridized carbons (Fsp3) is 0.457. The molecular formula is C35H49N5O7. The number of nitrogens with two attached hydrogens (primary N) is 1. The zero-order valence-electron chi connectivity index (χ0n) is 27.5. The average Bonchev–Trinajstić information content (AvgIpc) is 3.07. The summed E-state index contributed by atoms with van der Waals surface area (Å²) in [5, 5.41) is 29.6. The Balaban J connectivity index is 1.57. The number of unbranched alkanes of at least 4 members (excludes halogenated alkanes) is 1. The molecule has 256 valence electrons. The van der Waals surface area contributed by atoms with Gasteiger partial charge in [0.05, 0.1) is 14.2 Å². The van der Waals surface area contributed by atoms with Gasteiger partial charge < -0.3 is 46.3 Å². The lowest BCUT2D eigenvalue weighted by Gasteiger charge is -2.30. The van der Waals surface area contributed by atoms with Crippen molar-refractivity contribution in [3.8, 4) is 23.0 Å². The third kappa shape index (κ3) is 12.4. The molecule has 12 heteroatoms. The fourth-order valence-electron chi connectivity index (χ4n) is 5.07. The first-order valence-corrected chi connectivity index (χ1v) is 16.1. The molecule has 0 aromatic heterocycles. The summed E-state index contributed by atoms with van der Waals surface area (Å²) >= 11 is 0. The molecule has 1 aliphatic heterocycles. The summed E-state index contributed by atoms with van der Waals surface area (Å²) in [7, 11) is 2.87. The van der Waals surface area contributed by atoms with Gasteiger partial charge in [0.1, 0.15) is 0 Å². The van der Waals surface area contributed by atoms with E-state index in [4.69, 9.17) is 15.2 Å². The number of rotatable bonds is 19. The third-order valence-electron chi connectivity index (χ3n) is 7.68. The second kappa shape index (κ2) is 20.0. The molecule has 2 aromatic carbocycles. The number of Topliss-reactive ketones (excluding diaryl/α,β-unsaturated/α-hetero) is 1. The number of aromatic hydroxyl groups is 2. The molecular weight excluding hydrogens is 602 g/mol. The van der Waals surface area contributed by atoms with Crippen LogP contribution in [0.5, 0.6) is 23.0 Å². The summed E-state index contributed by atoms with van der Waals surface area (Å²) in [6, 6.07) is 9.45. The standard InChI is InChI=1S/C35H49N5O7/c1-46-31-21-25(7-9-29(31)41)19-27-23-40(24-28(35(27)45)20-26-8-10-30(42)32(22-26)47-2)34(44)12-11-33(43)39-18-6-17-38-15-4-3-14-37-16-5-13-36/h7-10,19-22,37-38,41-42H,3-6,11-18,23-24,36H2,1-2H3,(H,39,43)/b27-19-,28-20+. The number of ketones is 1. The highest BCUT2D eigenvalue weighted by Crippen LogP contribution is 2.30. The van der Waals surface area contributed by atoms with E-state index in [0.29, 0.717) is 35.4 Å². The highest BCUT2D eigenvalue weighted by atomic mass is 16.5. The zero-order chi connectivity index (χ0) is 34.0. The molecule has 0 unspecified atom stereocenters. The summed E-state index contributed by atoms with van der Waals surface area (Å²) in [6.07, 6.45) is 7.31. The number of ether oxygens (including phenoxy) is 2. The van der Waals surface area contributed by atoms with E-state index < -0.39 is 0 Å². The maximum atomic E-state index is 13.6. The van der Waals surface area contributed by atoms with Gasteiger partial charge in [-0.15, -0.1) is 0 Å². The molecule has 1 fully saturated rings. The van der Waals surface area contributed by atoms with E-state index in [1.807, 2.05) is 0 Å². The number of piperidine rings is 1. The molecule has 0 atom stereocenters. The number of benzene rings is 2. The normalized spacial score (nSPS) is 14.9. The molecule has 0 radical (unpaired) electrons. The Morgan fingerprint density at radius 2 is 1.30 bits per heavy atom. The van der Waals surface area contributed by atoms with E-state index in [-0.39, 0.29) is 66.5 Å². The lowest BCUT2D eigenvalue weighted by molar-refractivity contribution is -0.133. The third-order valence-corrected chi connectivity index (χ3v) is 7.68. The Kier molecular flexibility index (Phi) is 15.8. The van der Waals surface area contributed by atoms with Gasteiger partial charge in [0, 0.05) is 43.6 Å². The van der Waals surface area contributed by atoms with Crippen molar-refractivity contribution in [2.24, 2.45) is 5.73 Å². The topological polar surface area (TPSA) is 175 Å². The predicted molar refractivity (Wildman–Crippen MR) is 182 cm³/mol. The van der Waals surface area contributed by atoms with Crippen LogP contribution in [0.25, 0.3) is 12.2 Å². The number of likely N-dealkylation sites (tertiary alicyclic amines) is 1. The monoisotopic (exact) mass is 651 g/mol. The number of phenolic OH excluding ortho intramolecular Hbond substituents is 2. The Morgan fingerprint density at radius 1 is 0.787 bits per heavy atom. The molecule has 0 aliphatic carbocycles. The minimum atomic E-state index is -0.254. The van der Waals surface area contributed by atoms with Crippen molar-refractivity contribution in [3.63, 3.8) is 0 Å². The number of nitrogens with one attached hydrogen (secondary N) is 3. The minimum Gasteiger partial charge on any atom is -0.504 e. The van der Waals surface area contributed by atoms with Crippen LogP contribution in [-0.2, 0) is 14.4 Å². The largest absolute Gasteiger partial charge is 0.504 e. The molecule has 1 aliphatic rings. The molecule has 0 saturated carbocycles. The van der Waals surface area contributed by atoms with E-state index in [1.54, 1.807) is 41.3 Å². The molecule has 7 N–H and O–H groups in total. The molecule has 3 rings (SSSR count). The lowest BCUT2D eigenvalue weighted by Crippen LogP contribution is -2.42. The zero-order valence-corrected chi connectivity index (χ0v) is 27.5. The Labute approximate surface area is 277 Å².